The van der Waals surface area contributed by atoms with Gasteiger partial charge in [0.1, 0.15) is 13.2 Å². The first-order valence-electron chi connectivity index (χ1n) is 29.2. The van der Waals surface area contributed by atoms with Crippen molar-refractivity contribution in [2.24, 2.45) is 0 Å². The number of carbonyl (C=O) groups is 3. The van der Waals surface area contributed by atoms with Crippen molar-refractivity contribution in [2.45, 2.75) is 335 Å². The number of hydrogen-bond donors (Lipinski definition) is 0. The molecule has 0 aromatic rings. The minimum atomic E-state index is -0.767. The lowest BCUT2D eigenvalue weighted by atomic mass is 10.0. The Bertz CT molecular complexity index is 1010. The molecular weight excluding hydrogens is 805 g/mol. The Morgan fingerprint density at radius 2 is 0.508 bits per heavy atom. The molecule has 0 aliphatic rings. The Morgan fingerprint density at radius 1 is 0.292 bits per heavy atom. The summed E-state index contributed by atoms with van der Waals surface area (Å²) in [6, 6.07) is 0. The van der Waals surface area contributed by atoms with E-state index in [0.29, 0.717) is 19.3 Å². The predicted octanol–water partition coefficient (Wildman–Crippen LogP) is 19.3. The molecule has 0 aromatic heterocycles. The van der Waals surface area contributed by atoms with Crippen molar-refractivity contribution in [2.75, 3.05) is 13.2 Å². The highest BCUT2D eigenvalue weighted by Crippen LogP contribution is 2.17. The second-order valence-corrected chi connectivity index (χ2v) is 19.9. The quantitative estimate of drug-likeness (QED) is 0.0262. The summed E-state index contributed by atoms with van der Waals surface area (Å²) >= 11 is 0. The van der Waals surface area contributed by atoms with Crippen molar-refractivity contribution < 1.29 is 28.6 Å². The van der Waals surface area contributed by atoms with Crippen LogP contribution in [0.3, 0.4) is 0 Å². The van der Waals surface area contributed by atoms with Gasteiger partial charge >= 0.3 is 17.9 Å². The molecule has 0 saturated heterocycles. The average Bonchev–Trinajstić information content (AvgIpc) is 3.30. The molecule has 0 heterocycles. The summed E-state index contributed by atoms with van der Waals surface area (Å²) in [4.78, 5) is 38.1. The Balaban J connectivity index is 4.24. The van der Waals surface area contributed by atoms with Gasteiger partial charge in [-0.05, 0) is 44.9 Å². The third-order valence-corrected chi connectivity index (χ3v) is 13.3. The van der Waals surface area contributed by atoms with Crippen molar-refractivity contribution in [1.82, 2.24) is 0 Å². The van der Waals surface area contributed by atoms with Gasteiger partial charge in [-0.3, -0.25) is 14.4 Å². The van der Waals surface area contributed by atoms with Crippen LogP contribution in [-0.4, -0.2) is 37.2 Å². The van der Waals surface area contributed by atoms with E-state index in [1.54, 1.807) is 0 Å². The SMILES string of the molecule is CCCCC/C=C\CCCCCCCC(=O)OCC(COC(=O)CCCCCCCCCCCCCCCCCCCCCCC)OC(=O)CCCCCCCCCCCCCCCC. The predicted molar refractivity (Wildman–Crippen MR) is 280 cm³/mol. The summed E-state index contributed by atoms with van der Waals surface area (Å²) in [6.07, 6.45) is 62.1. The van der Waals surface area contributed by atoms with Gasteiger partial charge in [0.2, 0.25) is 0 Å². The summed E-state index contributed by atoms with van der Waals surface area (Å²) in [5.74, 6) is -0.853. The highest BCUT2D eigenvalue weighted by molar-refractivity contribution is 5.71. The van der Waals surface area contributed by atoms with Gasteiger partial charge in [-0.25, -0.2) is 0 Å². The second kappa shape index (κ2) is 54.8. The number of ether oxygens (including phenoxy) is 3. The summed E-state index contributed by atoms with van der Waals surface area (Å²) in [5.41, 5.74) is 0. The molecule has 0 bridgehead atoms. The van der Waals surface area contributed by atoms with E-state index < -0.39 is 6.10 Å². The molecule has 0 amide bonds. The normalized spacial score (nSPS) is 12.0. The highest BCUT2D eigenvalue weighted by Gasteiger charge is 2.19. The number of esters is 3. The van der Waals surface area contributed by atoms with Crippen molar-refractivity contribution >= 4 is 17.9 Å². The summed E-state index contributed by atoms with van der Waals surface area (Å²) in [7, 11) is 0. The van der Waals surface area contributed by atoms with E-state index in [1.807, 2.05) is 0 Å². The molecule has 0 rings (SSSR count). The van der Waals surface area contributed by atoms with Crippen LogP contribution in [0.15, 0.2) is 12.2 Å². The maximum absolute atomic E-state index is 12.8. The lowest BCUT2D eigenvalue weighted by molar-refractivity contribution is -0.167. The molecule has 0 spiro atoms. The third-order valence-electron chi connectivity index (χ3n) is 13.3. The fourth-order valence-corrected chi connectivity index (χ4v) is 8.85. The summed E-state index contributed by atoms with van der Waals surface area (Å²) in [6.45, 7) is 6.67. The first kappa shape index (κ1) is 63.1. The molecule has 0 fully saturated rings. The van der Waals surface area contributed by atoms with E-state index in [1.165, 1.54) is 225 Å². The molecule has 1 unspecified atom stereocenters. The van der Waals surface area contributed by atoms with E-state index in [9.17, 15) is 14.4 Å². The van der Waals surface area contributed by atoms with Gasteiger partial charge in [-0.1, -0.05) is 277 Å². The smallest absolute Gasteiger partial charge is 0.306 e. The fraction of sp³-hybridized carbons (Fsp3) is 0.915. The Hall–Kier alpha value is -1.85. The molecule has 0 aliphatic carbocycles. The van der Waals surface area contributed by atoms with Crippen LogP contribution in [0.25, 0.3) is 0 Å². The second-order valence-electron chi connectivity index (χ2n) is 19.9. The Kier molecular flexibility index (Phi) is 53.2. The molecule has 384 valence electrons. The topological polar surface area (TPSA) is 78.9 Å². The van der Waals surface area contributed by atoms with Crippen LogP contribution < -0.4 is 0 Å². The van der Waals surface area contributed by atoms with Gasteiger partial charge in [0.25, 0.3) is 0 Å². The molecular formula is C59H112O6. The minimum Gasteiger partial charge on any atom is -0.462 e. The third kappa shape index (κ3) is 53.0. The van der Waals surface area contributed by atoms with E-state index >= 15 is 0 Å². The molecule has 65 heavy (non-hydrogen) atoms. The zero-order valence-corrected chi connectivity index (χ0v) is 44.0. The van der Waals surface area contributed by atoms with Gasteiger partial charge in [0.05, 0.1) is 0 Å². The van der Waals surface area contributed by atoms with Crippen LogP contribution in [0.1, 0.15) is 329 Å². The molecule has 0 N–H and O–H groups in total. The van der Waals surface area contributed by atoms with Gasteiger partial charge in [-0.15, -0.1) is 0 Å². The maximum atomic E-state index is 12.8. The zero-order valence-electron chi connectivity index (χ0n) is 44.0. The zero-order chi connectivity index (χ0) is 47.2. The van der Waals surface area contributed by atoms with E-state index in [2.05, 4.69) is 32.9 Å². The maximum Gasteiger partial charge on any atom is 0.306 e. The van der Waals surface area contributed by atoms with E-state index in [-0.39, 0.29) is 31.1 Å². The monoisotopic (exact) mass is 917 g/mol. The fourth-order valence-electron chi connectivity index (χ4n) is 8.85. The highest BCUT2D eigenvalue weighted by atomic mass is 16.6. The van der Waals surface area contributed by atoms with Crippen molar-refractivity contribution in [3.63, 3.8) is 0 Å². The van der Waals surface area contributed by atoms with Crippen molar-refractivity contribution in [3.05, 3.63) is 12.2 Å². The van der Waals surface area contributed by atoms with Crippen LogP contribution >= 0.6 is 0 Å². The number of carbonyl (C=O) groups excluding carboxylic acids is 3. The standard InChI is InChI=1S/C59H112O6/c1-4-7-10-13-16-19-22-25-27-28-29-30-31-32-33-35-37-40-43-46-49-52-58(61)64-55-56(54-63-57(60)51-48-45-42-39-36-24-21-18-15-12-9-6-3)65-59(62)53-50-47-44-41-38-34-26-23-20-17-14-11-8-5-2/h18,21,56H,4-17,19-20,22-55H2,1-3H3/b21-18-. The van der Waals surface area contributed by atoms with E-state index in [4.69, 9.17) is 14.2 Å². The van der Waals surface area contributed by atoms with Crippen molar-refractivity contribution in [3.8, 4) is 0 Å². The lowest BCUT2D eigenvalue weighted by Gasteiger charge is -2.18. The molecule has 6 nitrogen and oxygen atoms in total. The number of rotatable bonds is 54. The lowest BCUT2D eigenvalue weighted by Crippen LogP contribution is -2.30. The molecule has 0 aliphatic heterocycles. The van der Waals surface area contributed by atoms with Gasteiger partial charge in [0.15, 0.2) is 6.10 Å². The molecule has 6 heteroatoms. The molecule has 0 aromatic carbocycles. The minimum absolute atomic E-state index is 0.0666. The first-order chi connectivity index (χ1) is 32.0. The molecule has 0 radical (unpaired) electrons. The largest absolute Gasteiger partial charge is 0.462 e. The molecule has 1 atom stereocenters. The van der Waals surface area contributed by atoms with Crippen LogP contribution in [0, 0.1) is 0 Å². The first-order valence-corrected chi connectivity index (χ1v) is 29.2. The van der Waals surface area contributed by atoms with Gasteiger partial charge in [-0.2, -0.15) is 0 Å². The Morgan fingerprint density at radius 3 is 0.800 bits per heavy atom. The number of unbranched alkanes of at least 4 members (excludes halogenated alkanes) is 41. The van der Waals surface area contributed by atoms with Crippen LogP contribution in [0.2, 0.25) is 0 Å². The Labute approximate surface area is 405 Å². The number of allylic oxidation sites excluding steroid dienone is 2. The van der Waals surface area contributed by atoms with Crippen LogP contribution in [0.4, 0.5) is 0 Å². The summed E-state index contributed by atoms with van der Waals surface area (Å²) < 4.78 is 16.9. The van der Waals surface area contributed by atoms with Gasteiger partial charge < -0.3 is 14.2 Å². The average molecular weight is 918 g/mol. The van der Waals surface area contributed by atoms with Gasteiger partial charge in [0, 0.05) is 19.3 Å². The van der Waals surface area contributed by atoms with Crippen LogP contribution in [-0.2, 0) is 28.6 Å². The molecule has 0 saturated carbocycles. The van der Waals surface area contributed by atoms with Crippen LogP contribution in [0.5, 0.6) is 0 Å². The summed E-state index contributed by atoms with van der Waals surface area (Å²) in [5, 5.41) is 0. The number of hydrogen-bond acceptors (Lipinski definition) is 6. The van der Waals surface area contributed by atoms with Crippen molar-refractivity contribution in [1.29, 1.82) is 0 Å². The van der Waals surface area contributed by atoms with E-state index in [0.717, 1.165) is 64.2 Å².